The van der Waals surface area contributed by atoms with E-state index in [1.807, 2.05) is 24.3 Å². The van der Waals surface area contributed by atoms with E-state index >= 15 is 0 Å². The van der Waals surface area contributed by atoms with E-state index in [2.05, 4.69) is 26.6 Å². The van der Waals surface area contributed by atoms with Crippen molar-refractivity contribution in [1.82, 2.24) is 5.32 Å². The van der Waals surface area contributed by atoms with Crippen LogP contribution in [0.2, 0.25) is 0 Å². The normalized spacial score (nSPS) is 17.9. The molecule has 0 radical (unpaired) electrons. The third-order valence-electron chi connectivity index (χ3n) is 4.14. The molecular formula is C18H17BrN2O4. The van der Waals surface area contributed by atoms with Gasteiger partial charge in [-0.2, -0.15) is 0 Å². The Morgan fingerprint density at radius 3 is 2.56 bits per heavy atom. The van der Waals surface area contributed by atoms with Gasteiger partial charge in [-0.1, -0.05) is 18.2 Å². The van der Waals surface area contributed by atoms with Gasteiger partial charge in [0.25, 0.3) is 0 Å². The molecule has 130 valence electrons. The monoisotopic (exact) mass is 404 g/mol. The molecule has 2 aliphatic rings. The van der Waals surface area contributed by atoms with Crippen molar-refractivity contribution < 1.29 is 19.0 Å². The van der Waals surface area contributed by atoms with Crippen molar-refractivity contribution in [1.29, 1.82) is 0 Å². The largest absolute Gasteiger partial charge is 0.493 e. The number of hydrogen-bond donors (Lipinski definition) is 2. The minimum absolute atomic E-state index is 0.0825. The third kappa shape index (κ3) is 3.37. The van der Waals surface area contributed by atoms with E-state index in [9.17, 15) is 4.79 Å². The van der Waals surface area contributed by atoms with Gasteiger partial charge in [-0.05, 0) is 22.0 Å². The van der Waals surface area contributed by atoms with Crippen molar-refractivity contribution in [3.63, 3.8) is 0 Å². The fraction of sp³-hybridized carbons (Fsp3) is 0.278. The van der Waals surface area contributed by atoms with E-state index in [-0.39, 0.29) is 12.1 Å². The van der Waals surface area contributed by atoms with Gasteiger partial charge in [0.1, 0.15) is 19.0 Å². The Labute approximate surface area is 153 Å². The summed E-state index contributed by atoms with van der Waals surface area (Å²) in [5.74, 6) is 2.11. The van der Waals surface area contributed by atoms with Crippen LogP contribution < -0.4 is 24.8 Å². The maximum Gasteiger partial charge on any atom is 0.319 e. The predicted molar refractivity (Wildman–Crippen MR) is 96.6 cm³/mol. The molecule has 2 heterocycles. The summed E-state index contributed by atoms with van der Waals surface area (Å²) in [6.07, 6.45) is 0.729. The second kappa shape index (κ2) is 6.84. The topological polar surface area (TPSA) is 68.8 Å². The smallest absolute Gasteiger partial charge is 0.319 e. The predicted octanol–water partition coefficient (Wildman–Crippen LogP) is 3.87. The van der Waals surface area contributed by atoms with Crippen LogP contribution in [0.3, 0.4) is 0 Å². The maximum atomic E-state index is 12.5. The maximum absolute atomic E-state index is 12.5. The Morgan fingerprint density at radius 1 is 1.00 bits per heavy atom. The quantitative estimate of drug-likeness (QED) is 0.796. The number of halogens is 1. The molecule has 25 heavy (non-hydrogen) atoms. The number of para-hydroxylation sites is 1. The Hall–Kier alpha value is -2.41. The molecule has 0 spiro atoms. The van der Waals surface area contributed by atoms with Gasteiger partial charge in [-0.3, -0.25) is 0 Å². The zero-order valence-electron chi connectivity index (χ0n) is 13.4. The van der Waals surface area contributed by atoms with Crippen molar-refractivity contribution in [2.24, 2.45) is 0 Å². The fourth-order valence-corrected chi connectivity index (χ4v) is 3.39. The lowest BCUT2D eigenvalue weighted by Gasteiger charge is -2.27. The molecule has 2 aromatic rings. The summed E-state index contributed by atoms with van der Waals surface area (Å²) in [5, 5.41) is 5.87. The van der Waals surface area contributed by atoms with Gasteiger partial charge in [0.05, 0.1) is 18.3 Å². The molecule has 2 aliphatic heterocycles. The van der Waals surface area contributed by atoms with Crippen LogP contribution in [0.4, 0.5) is 10.5 Å². The Morgan fingerprint density at radius 2 is 1.72 bits per heavy atom. The van der Waals surface area contributed by atoms with Gasteiger partial charge in [-0.25, -0.2) is 4.79 Å². The lowest BCUT2D eigenvalue weighted by molar-refractivity contribution is 0.171. The molecule has 0 saturated heterocycles. The Balaban J connectivity index is 1.48. The average molecular weight is 405 g/mol. The van der Waals surface area contributed by atoms with Crippen molar-refractivity contribution >= 4 is 27.6 Å². The van der Waals surface area contributed by atoms with Crippen LogP contribution in [-0.2, 0) is 0 Å². The lowest BCUT2D eigenvalue weighted by atomic mass is 10.0. The van der Waals surface area contributed by atoms with Crippen molar-refractivity contribution in [2.75, 3.05) is 25.1 Å². The van der Waals surface area contributed by atoms with Crippen LogP contribution in [0.5, 0.6) is 17.2 Å². The van der Waals surface area contributed by atoms with E-state index < -0.39 is 0 Å². The standard InChI is InChI=1S/C18H17BrN2O4/c19-12-9-16-17(25-8-7-24-16)10-14(12)21-18(22)20-13-5-6-23-15-4-2-1-3-11(13)15/h1-4,9-10,13H,5-8H2,(H2,20,21,22). The highest BCUT2D eigenvalue weighted by Gasteiger charge is 2.23. The van der Waals surface area contributed by atoms with E-state index in [0.717, 1.165) is 22.2 Å². The number of carbonyl (C=O) groups excluding carboxylic acids is 1. The van der Waals surface area contributed by atoms with Crippen molar-refractivity contribution in [3.05, 3.63) is 46.4 Å². The summed E-state index contributed by atoms with van der Waals surface area (Å²) in [7, 11) is 0. The second-order valence-electron chi connectivity index (χ2n) is 5.80. The molecule has 0 saturated carbocycles. The number of hydrogen-bond acceptors (Lipinski definition) is 4. The summed E-state index contributed by atoms with van der Waals surface area (Å²) in [5.41, 5.74) is 1.62. The van der Waals surface area contributed by atoms with Crippen LogP contribution in [-0.4, -0.2) is 25.9 Å². The van der Waals surface area contributed by atoms with Gasteiger partial charge in [-0.15, -0.1) is 0 Å². The second-order valence-corrected chi connectivity index (χ2v) is 6.66. The first kappa shape index (κ1) is 16.1. The number of anilines is 1. The molecular weight excluding hydrogens is 388 g/mol. The lowest BCUT2D eigenvalue weighted by Crippen LogP contribution is -2.35. The first-order valence-corrected chi connectivity index (χ1v) is 8.88. The Kier molecular flexibility index (Phi) is 4.40. The van der Waals surface area contributed by atoms with Crippen molar-refractivity contribution in [3.8, 4) is 17.2 Å². The minimum Gasteiger partial charge on any atom is -0.493 e. The number of urea groups is 1. The fourth-order valence-electron chi connectivity index (χ4n) is 2.97. The zero-order chi connectivity index (χ0) is 17.2. The molecule has 2 N–H and O–H groups in total. The molecule has 1 atom stereocenters. The number of nitrogens with one attached hydrogen (secondary N) is 2. The molecule has 0 aromatic heterocycles. The summed E-state index contributed by atoms with van der Waals surface area (Å²) < 4.78 is 17.5. The minimum atomic E-state index is -0.279. The SMILES string of the molecule is O=C(Nc1cc2c(cc1Br)OCCO2)NC1CCOc2ccccc21. The number of ether oxygens (including phenoxy) is 3. The van der Waals surface area contributed by atoms with Gasteiger partial charge in [0, 0.05) is 28.6 Å². The molecule has 6 nitrogen and oxygen atoms in total. The highest BCUT2D eigenvalue weighted by atomic mass is 79.9. The van der Waals surface area contributed by atoms with E-state index in [1.165, 1.54) is 0 Å². The summed E-state index contributed by atoms with van der Waals surface area (Å²) in [6, 6.07) is 11.0. The van der Waals surface area contributed by atoms with E-state index in [4.69, 9.17) is 14.2 Å². The highest BCUT2D eigenvalue weighted by molar-refractivity contribution is 9.10. The van der Waals surface area contributed by atoms with Crippen LogP contribution in [0, 0.1) is 0 Å². The summed E-state index contributed by atoms with van der Waals surface area (Å²) in [6.45, 7) is 1.60. The number of amides is 2. The number of benzene rings is 2. The molecule has 7 heteroatoms. The third-order valence-corrected chi connectivity index (χ3v) is 4.80. The van der Waals surface area contributed by atoms with Gasteiger partial charge in [0.2, 0.25) is 0 Å². The van der Waals surface area contributed by atoms with Crippen LogP contribution >= 0.6 is 15.9 Å². The van der Waals surface area contributed by atoms with Gasteiger partial charge in [0.15, 0.2) is 11.5 Å². The summed E-state index contributed by atoms with van der Waals surface area (Å²) in [4.78, 5) is 12.5. The molecule has 0 aliphatic carbocycles. The molecule has 2 aromatic carbocycles. The number of carbonyl (C=O) groups is 1. The first-order chi connectivity index (χ1) is 12.2. The first-order valence-electron chi connectivity index (χ1n) is 8.09. The van der Waals surface area contributed by atoms with Crippen LogP contribution in [0.1, 0.15) is 18.0 Å². The molecule has 1 unspecified atom stereocenters. The number of rotatable bonds is 2. The van der Waals surface area contributed by atoms with Crippen molar-refractivity contribution in [2.45, 2.75) is 12.5 Å². The van der Waals surface area contributed by atoms with Gasteiger partial charge >= 0.3 is 6.03 Å². The summed E-state index contributed by atoms with van der Waals surface area (Å²) >= 11 is 3.46. The van der Waals surface area contributed by atoms with Crippen LogP contribution in [0.15, 0.2) is 40.9 Å². The molecule has 0 bridgehead atoms. The number of fused-ring (bicyclic) bond motifs is 2. The molecule has 2 amide bonds. The average Bonchev–Trinajstić information content (AvgIpc) is 2.63. The molecule has 0 fully saturated rings. The van der Waals surface area contributed by atoms with E-state index in [0.29, 0.717) is 37.0 Å². The van der Waals surface area contributed by atoms with Gasteiger partial charge < -0.3 is 24.8 Å². The van der Waals surface area contributed by atoms with Crippen LogP contribution in [0.25, 0.3) is 0 Å². The highest BCUT2D eigenvalue weighted by Crippen LogP contribution is 2.38. The Bertz CT molecular complexity index is 812. The molecule has 4 rings (SSSR count). The van der Waals surface area contributed by atoms with E-state index in [1.54, 1.807) is 12.1 Å². The zero-order valence-corrected chi connectivity index (χ0v) is 15.0.